The van der Waals surface area contributed by atoms with Gasteiger partial charge in [0.1, 0.15) is 17.3 Å². The van der Waals surface area contributed by atoms with Gasteiger partial charge in [-0.2, -0.15) is 5.10 Å². The highest BCUT2D eigenvalue weighted by Crippen LogP contribution is 2.27. The standard InChI is InChI=1S/C27H29F3N6/c1-7-20(27(4,5)30)11-21(8-2)34-17(3)9-18-10-25(29)23(12-24(18)28)19-13-31-26(32-14-19)35-22-15-33-36(6)16-22/h7-8,10-16,34H,2-3,9H2,1,4-6H3,(H,31,32,35)/b20-7+,21-11+. The number of allylic oxidation sites excluding steroid dienone is 5. The second-order valence-electron chi connectivity index (χ2n) is 8.67. The minimum Gasteiger partial charge on any atom is -0.359 e. The fourth-order valence-corrected chi connectivity index (χ4v) is 3.48. The van der Waals surface area contributed by atoms with Crippen molar-refractivity contribution in [3.8, 4) is 11.1 Å². The third kappa shape index (κ3) is 6.71. The summed E-state index contributed by atoms with van der Waals surface area (Å²) in [6.07, 6.45) is 11.0. The number of hydrogen-bond donors (Lipinski definition) is 2. The van der Waals surface area contributed by atoms with Crippen LogP contribution in [0.15, 0.2) is 85.3 Å². The van der Waals surface area contributed by atoms with Gasteiger partial charge in [-0.25, -0.2) is 23.1 Å². The molecule has 0 saturated carbocycles. The summed E-state index contributed by atoms with van der Waals surface area (Å²) < 4.78 is 45.8. The van der Waals surface area contributed by atoms with Crippen LogP contribution >= 0.6 is 0 Å². The molecule has 0 atom stereocenters. The third-order valence-corrected chi connectivity index (χ3v) is 5.31. The summed E-state index contributed by atoms with van der Waals surface area (Å²) in [6.45, 7) is 12.2. The molecule has 36 heavy (non-hydrogen) atoms. The van der Waals surface area contributed by atoms with Gasteiger partial charge in [0, 0.05) is 54.6 Å². The zero-order chi connectivity index (χ0) is 26.5. The van der Waals surface area contributed by atoms with Crippen molar-refractivity contribution < 1.29 is 13.2 Å². The van der Waals surface area contributed by atoms with E-state index < -0.39 is 17.3 Å². The first-order valence-electron chi connectivity index (χ1n) is 11.2. The van der Waals surface area contributed by atoms with Crippen LogP contribution in [0.2, 0.25) is 0 Å². The fourth-order valence-electron chi connectivity index (χ4n) is 3.48. The van der Waals surface area contributed by atoms with Crippen molar-refractivity contribution in [2.75, 3.05) is 5.32 Å². The van der Waals surface area contributed by atoms with Crippen LogP contribution in [0, 0.1) is 11.6 Å². The van der Waals surface area contributed by atoms with Crippen molar-refractivity contribution in [1.29, 1.82) is 0 Å². The van der Waals surface area contributed by atoms with Gasteiger partial charge >= 0.3 is 0 Å². The van der Waals surface area contributed by atoms with Gasteiger partial charge in [-0.1, -0.05) is 19.2 Å². The van der Waals surface area contributed by atoms with Crippen LogP contribution in [0.1, 0.15) is 26.3 Å². The predicted octanol–water partition coefficient (Wildman–Crippen LogP) is 6.31. The molecule has 9 heteroatoms. The van der Waals surface area contributed by atoms with E-state index in [1.165, 1.54) is 32.3 Å². The number of nitrogens with zero attached hydrogens (tertiary/aromatic N) is 4. The van der Waals surface area contributed by atoms with Crippen LogP contribution in [0.5, 0.6) is 0 Å². The van der Waals surface area contributed by atoms with E-state index in [1.54, 1.807) is 43.2 Å². The van der Waals surface area contributed by atoms with Crippen molar-refractivity contribution in [2.45, 2.75) is 32.9 Å². The van der Waals surface area contributed by atoms with E-state index in [-0.39, 0.29) is 17.5 Å². The Labute approximate surface area is 209 Å². The van der Waals surface area contributed by atoms with Crippen molar-refractivity contribution in [3.63, 3.8) is 0 Å². The zero-order valence-electron chi connectivity index (χ0n) is 20.7. The lowest BCUT2D eigenvalue weighted by molar-refractivity contribution is 0.273. The molecule has 0 aliphatic heterocycles. The van der Waals surface area contributed by atoms with E-state index in [9.17, 15) is 13.2 Å². The number of alkyl halides is 1. The molecule has 188 valence electrons. The molecule has 3 rings (SSSR count). The van der Waals surface area contributed by atoms with Crippen LogP contribution in [0.25, 0.3) is 11.1 Å². The van der Waals surface area contributed by atoms with Crippen LogP contribution in [0.4, 0.5) is 24.8 Å². The molecule has 0 bridgehead atoms. The van der Waals surface area contributed by atoms with Crippen LogP contribution in [0.3, 0.4) is 0 Å². The number of nitrogens with one attached hydrogen (secondary N) is 2. The van der Waals surface area contributed by atoms with E-state index >= 15 is 0 Å². The number of anilines is 2. The first-order valence-corrected chi connectivity index (χ1v) is 11.2. The average molecular weight is 495 g/mol. The number of aromatic nitrogens is 4. The van der Waals surface area contributed by atoms with Crippen molar-refractivity contribution in [1.82, 2.24) is 25.1 Å². The maximum atomic E-state index is 14.9. The lowest BCUT2D eigenvalue weighted by Crippen LogP contribution is -2.18. The molecule has 0 spiro atoms. The number of rotatable bonds is 10. The second kappa shape index (κ2) is 11.1. The molecule has 3 aromatic rings. The SMILES string of the molecule is C=C/C(=C\C(=C/C)C(C)(C)F)NC(=C)Cc1cc(F)c(-c2cnc(Nc3cnn(C)c3)nc2)cc1F. The molecule has 2 aromatic heterocycles. The van der Waals surface area contributed by atoms with E-state index in [1.807, 2.05) is 0 Å². The zero-order valence-corrected chi connectivity index (χ0v) is 20.7. The van der Waals surface area contributed by atoms with Crippen LogP contribution in [-0.4, -0.2) is 25.4 Å². The van der Waals surface area contributed by atoms with E-state index in [0.29, 0.717) is 34.2 Å². The molecule has 1 aromatic carbocycles. The molecular formula is C27H29F3N6. The Morgan fingerprint density at radius 2 is 1.83 bits per heavy atom. The third-order valence-electron chi connectivity index (χ3n) is 5.31. The van der Waals surface area contributed by atoms with Crippen LogP contribution < -0.4 is 10.6 Å². The summed E-state index contributed by atoms with van der Waals surface area (Å²) in [5.74, 6) is -0.921. The highest BCUT2D eigenvalue weighted by Gasteiger charge is 2.20. The summed E-state index contributed by atoms with van der Waals surface area (Å²) in [7, 11) is 1.78. The Hall–Kier alpha value is -4.14. The minimum absolute atomic E-state index is 0.0167. The Kier molecular flexibility index (Phi) is 8.14. The van der Waals surface area contributed by atoms with Gasteiger partial charge in [-0.3, -0.25) is 4.68 Å². The number of benzene rings is 1. The summed E-state index contributed by atoms with van der Waals surface area (Å²) in [5, 5.41) is 10.0. The van der Waals surface area contributed by atoms with Crippen LogP contribution in [-0.2, 0) is 13.5 Å². The quantitative estimate of drug-likeness (QED) is 0.323. The topological polar surface area (TPSA) is 67.7 Å². The molecule has 0 saturated heterocycles. The van der Waals surface area contributed by atoms with Crippen molar-refractivity contribution in [3.05, 3.63) is 102 Å². The van der Waals surface area contributed by atoms with Gasteiger partial charge in [0.05, 0.1) is 11.9 Å². The highest BCUT2D eigenvalue weighted by atomic mass is 19.1. The summed E-state index contributed by atoms with van der Waals surface area (Å²) in [5.41, 5.74) is 0.975. The second-order valence-corrected chi connectivity index (χ2v) is 8.67. The molecule has 2 heterocycles. The van der Waals surface area contributed by atoms with Gasteiger partial charge in [-0.15, -0.1) is 0 Å². The van der Waals surface area contributed by atoms with E-state index in [0.717, 1.165) is 12.1 Å². The van der Waals surface area contributed by atoms with Crippen molar-refractivity contribution >= 4 is 11.6 Å². The Bertz CT molecular complexity index is 1310. The lowest BCUT2D eigenvalue weighted by Gasteiger charge is -2.18. The summed E-state index contributed by atoms with van der Waals surface area (Å²) >= 11 is 0. The molecular weight excluding hydrogens is 465 g/mol. The summed E-state index contributed by atoms with van der Waals surface area (Å²) in [6, 6.07) is 2.23. The smallest absolute Gasteiger partial charge is 0.227 e. The minimum atomic E-state index is -1.55. The Balaban J connectivity index is 1.73. The van der Waals surface area contributed by atoms with Gasteiger partial charge in [-0.05, 0) is 56.2 Å². The first-order chi connectivity index (χ1) is 17.0. The lowest BCUT2D eigenvalue weighted by atomic mass is 9.98. The van der Waals surface area contributed by atoms with Crippen molar-refractivity contribution in [2.24, 2.45) is 7.05 Å². The predicted molar refractivity (Wildman–Crippen MR) is 137 cm³/mol. The molecule has 0 aliphatic rings. The van der Waals surface area contributed by atoms with E-state index in [4.69, 9.17) is 0 Å². The van der Waals surface area contributed by atoms with Gasteiger partial charge in [0.2, 0.25) is 5.95 Å². The molecule has 0 fully saturated rings. The van der Waals surface area contributed by atoms with Gasteiger partial charge in [0.15, 0.2) is 0 Å². The van der Waals surface area contributed by atoms with Gasteiger partial charge < -0.3 is 10.6 Å². The normalized spacial score (nSPS) is 12.4. The largest absolute Gasteiger partial charge is 0.359 e. The van der Waals surface area contributed by atoms with E-state index in [2.05, 4.69) is 38.9 Å². The van der Waals surface area contributed by atoms with Gasteiger partial charge in [0.25, 0.3) is 0 Å². The molecule has 2 N–H and O–H groups in total. The molecule has 0 unspecified atom stereocenters. The fraction of sp³-hybridized carbons (Fsp3) is 0.222. The molecule has 0 aliphatic carbocycles. The maximum absolute atomic E-state index is 14.9. The first kappa shape index (κ1) is 26.5. The number of halogens is 3. The number of aryl methyl sites for hydroxylation is 1. The highest BCUT2D eigenvalue weighted by molar-refractivity contribution is 5.64. The Morgan fingerprint density at radius 3 is 2.39 bits per heavy atom. The summed E-state index contributed by atoms with van der Waals surface area (Å²) in [4.78, 5) is 8.34. The number of hydrogen-bond acceptors (Lipinski definition) is 5. The molecule has 6 nitrogen and oxygen atoms in total. The average Bonchev–Trinajstić information content (AvgIpc) is 3.22. The maximum Gasteiger partial charge on any atom is 0.227 e. The molecule has 0 amide bonds. The Morgan fingerprint density at radius 1 is 1.14 bits per heavy atom. The molecule has 0 radical (unpaired) electrons. The monoisotopic (exact) mass is 494 g/mol.